The van der Waals surface area contributed by atoms with Gasteiger partial charge in [0.2, 0.25) is 5.91 Å². The highest BCUT2D eigenvalue weighted by Crippen LogP contribution is 2.28. The Morgan fingerprint density at radius 3 is 2.76 bits per heavy atom. The second-order valence-electron chi connectivity index (χ2n) is 3.64. The molecule has 2 aromatic rings. The monoisotopic (exact) mass is 233 g/mol. The van der Waals surface area contributed by atoms with E-state index < -0.39 is 18.3 Å². The number of carbonyl (C=O) groups is 2. The molecule has 0 saturated carbocycles. The number of rotatable bonds is 3. The van der Waals surface area contributed by atoms with Crippen LogP contribution in [0.3, 0.4) is 0 Å². The van der Waals surface area contributed by atoms with Gasteiger partial charge in [-0.2, -0.15) is 0 Å². The standard InChI is InChI=1S/C12H11NO4/c1-13(11(14)6-12(15)16)9-7-17-10-5-3-2-4-8(9)10/h2-5,7H,6H2,1H3,(H,15,16). The number of carboxylic acid groups (broad SMARTS) is 1. The lowest BCUT2D eigenvalue weighted by Crippen LogP contribution is -2.27. The summed E-state index contributed by atoms with van der Waals surface area (Å²) in [6.45, 7) is 0. The fourth-order valence-electron chi connectivity index (χ4n) is 1.61. The van der Waals surface area contributed by atoms with E-state index in [0.717, 1.165) is 5.39 Å². The Kier molecular flexibility index (Phi) is 2.82. The second kappa shape index (κ2) is 4.29. The molecule has 0 bridgehead atoms. The van der Waals surface area contributed by atoms with Crippen LogP contribution in [0.1, 0.15) is 6.42 Å². The van der Waals surface area contributed by atoms with Crippen molar-refractivity contribution < 1.29 is 19.1 Å². The van der Waals surface area contributed by atoms with Gasteiger partial charge in [-0.05, 0) is 12.1 Å². The van der Waals surface area contributed by atoms with Gasteiger partial charge in [-0.15, -0.1) is 0 Å². The number of benzene rings is 1. The zero-order valence-electron chi connectivity index (χ0n) is 9.21. The number of carboxylic acids is 1. The quantitative estimate of drug-likeness (QED) is 0.821. The topological polar surface area (TPSA) is 70.8 Å². The Bertz CT molecular complexity index is 573. The SMILES string of the molecule is CN(C(=O)CC(=O)O)c1coc2ccccc12. The summed E-state index contributed by atoms with van der Waals surface area (Å²) in [5.41, 5.74) is 1.24. The number of carbonyl (C=O) groups excluding carboxylic acids is 1. The summed E-state index contributed by atoms with van der Waals surface area (Å²) in [6, 6.07) is 7.26. The number of para-hydroxylation sites is 1. The summed E-state index contributed by atoms with van der Waals surface area (Å²) >= 11 is 0. The van der Waals surface area contributed by atoms with Crippen LogP contribution < -0.4 is 4.90 Å². The molecule has 2 rings (SSSR count). The van der Waals surface area contributed by atoms with Gasteiger partial charge in [-0.1, -0.05) is 12.1 Å². The Morgan fingerprint density at radius 2 is 2.06 bits per heavy atom. The highest BCUT2D eigenvalue weighted by molar-refractivity contribution is 6.07. The number of hydrogen-bond donors (Lipinski definition) is 1. The van der Waals surface area contributed by atoms with E-state index in [-0.39, 0.29) is 0 Å². The number of amides is 1. The molecule has 5 nitrogen and oxygen atoms in total. The third-order valence-electron chi connectivity index (χ3n) is 2.50. The number of fused-ring (bicyclic) bond motifs is 1. The summed E-state index contributed by atoms with van der Waals surface area (Å²) in [5, 5.41) is 9.36. The number of anilines is 1. The van der Waals surface area contributed by atoms with E-state index in [0.29, 0.717) is 11.3 Å². The van der Waals surface area contributed by atoms with Crippen molar-refractivity contribution in [2.45, 2.75) is 6.42 Å². The minimum absolute atomic E-state index is 0.482. The van der Waals surface area contributed by atoms with Crippen molar-refractivity contribution in [1.82, 2.24) is 0 Å². The summed E-state index contributed by atoms with van der Waals surface area (Å²) in [5.74, 6) is -1.63. The summed E-state index contributed by atoms with van der Waals surface area (Å²) in [6.07, 6.45) is 0.917. The number of hydrogen-bond acceptors (Lipinski definition) is 3. The van der Waals surface area contributed by atoms with E-state index >= 15 is 0 Å². The first kappa shape index (κ1) is 11.2. The molecule has 5 heteroatoms. The van der Waals surface area contributed by atoms with E-state index in [4.69, 9.17) is 9.52 Å². The molecule has 0 aliphatic carbocycles. The van der Waals surface area contributed by atoms with Gasteiger partial charge in [0.05, 0.1) is 5.69 Å². The first-order valence-electron chi connectivity index (χ1n) is 5.04. The minimum Gasteiger partial charge on any atom is -0.481 e. The molecule has 0 unspecified atom stereocenters. The van der Waals surface area contributed by atoms with Crippen LogP contribution in [0, 0.1) is 0 Å². The lowest BCUT2D eigenvalue weighted by atomic mass is 10.2. The average Bonchev–Trinajstić information content (AvgIpc) is 2.70. The van der Waals surface area contributed by atoms with Gasteiger partial charge in [-0.3, -0.25) is 9.59 Å². The van der Waals surface area contributed by atoms with Crippen molar-refractivity contribution >= 4 is 28.5 Å². The molecule has 1 aromatic carbocycles. The van der Waals surface area contributed by atoms with Gasteiger partial charge in [0.1, 0.15) is 18.3 Å². The maximum Gasteiger partial charge on any atom is 0.312 e. The van der Waals surface area contributed by atoms with Gasteiger partial charge in [-0.25, -0.2) is 0 Å². The Balaban J connectivity index is 2.33. The Morgan fingerprint density at radius 1 is 1.35 bits per heavy atom. The summed E-state index contributed by atoms with van der Waals surface area (Å²) in [4.78, 5) is 23.4. The van der Waals surface area contributed by atoms with Crippen LogP contribution in [-0.2, 0) is 9.59 Å². The zero-order valence-corrected chi connectivity index (χ0v) is 9.21. The molecule has 0 spiro atoms. The molecular weight excluding hydrogens is 222 g/mol. The van der Waals surface area contributed by atoms with Gasteiger partial charge in [0.15, 0.2) is 0 Å². The molecular formula is C12H11NO4. The van der Waals surface area contributed by atoms with E-state index in [2.05, 4.69) is 0 Å². The molecule has 1 aromatic heterocycles. The Labute approximate surface area is 97.2 Å². The van der Waals surface area contributed by atoms with E-state index in [9.17, 15) is 9.59 Å². The first-order valence-corrected chi connectivity index (χ1v) is 5.04. The fraction of sp³-hybridized carbons (Fsp3) is 0.167. The molecule has 1 amide bonds. The molecule has 0 aliphatic heterocycles. The number of nitrogens with zero attached hydrogens (tertiary/aromatic N) is 1. The second-order valence-corrected chi connectivity index (χ2v) is 3.64. The van der Waals surface area contributed by atoms with Crippen LogP contribution in [0.15, 0.2) is 34.9 Å². The maximum absolute atomic E-state index is 11.6. The van der Waals surface area contributed by atoms with Gasteiger partial charge >= 0.3 is 5.97 Å². The number of aliphatic carboxylic acids is 1. The van der Waals surface area contributed by atoms with Crippen molar-refractivity contribution in [3.63, 3.8) is 0 Å². The van der Waals surface area contributed by atoms with Crippen molar-refractivity contribution in [1.29, 1.82) is 0 Å². The van der Waals surface area contributed by atoms with Crippen molar-refractivity contribution in [2.75, 3.05) is 11.9 Å². The van der Waals surface area contributed by atoms with E-state index in [1.807, 2.05) is 18.2 Å². The molecule has 0 saturated heterocycles. The Hall–Kier alpha value is -2.30. The summed E-state index contributed by atoms with van der Waals surface area (Å²) in [7, 11) is 1.53. The summed E-state index contributed by atoms with van der Waals surface area (Å²) < 4.78 is 5.28. The van der Waals surface area contributed by atoms with Crippen LogP contribution in [0.25, 0.3) is 11.0 Å². The average molecular weight is 233 g/mol. The van der Waals surface area contributed by atoms with Crippen molar-refractivity contribution in [3.05, 3.63) is 30.5 Å². The van der Waals surface area contributed by atoms with Gasteiger partial charge in [0, 0.05) is 12.4 Å². The van der Waals surface area contributed by atoms with Gasteiger partial charge < -0.3 is 14.4 Å². The van der Waals surface area contributed by atoms with Crippen LogP contribution in [0.2, 0.25) is 0 Å². The molecule has 1 heterocycles. The van der Waals surface area contributed by atoms with E-state index in [1.165, 1.54) is 18.2 Å². The van der Waals surface area contributed by atoms with Crippen LogP contribution >= 0.6 is 0 Å². The maximum atomic E-state index is 11.6. The normalized spacial score (nSPS) is 10.4. The van der Waals surface area contributed by atoms with Gasteiger partial charge in [0.25, 0.3) is 0 Å². The van der Waals surface area contributed by atoms with Crippen LogP contribution in [0.5, 0.6) is 0 Å². The molecule has 1 N–H and O–H groups in total. The van der Waals surface area contributed by atoms with E-state index in [1.54, 1.807) is 6.07 Å². The highest BCUT2D eigenvalue weighted by Gasteiger charge is 2.18. The molecule has 17 heavy (non-hydrogen) atoms. The minimum atomic E-state index is -1.14. The smallest absolute Gasteiger partial charge is 0.312 e. The lowest BCUT2D eigenvalue weighted by molar-refractivity contribution is -0.140. The molecule has 88 valence electrons. The van der Waals surface area contributed by atoms with Crippen LogP contribution in [-0.4, -0.2) is 24.0 Å². The van der Waals surface area contributed by atoms with Crippen molar-refractivity contribution in [3.8, 4) is 0 Å². The molecule has 0 fully saturated rings. The highest BCUT2D eigenvalue weighted by atomic mass is 16.4. The van der Waals surface area contributed by atoms with Crippen molar-refractivity contribution in [2.24, 2.45) is 0 Å². The fourth-order valence-corrected chi connectivity index (χ4v) is 1.61. The number of furan rings is 1. The molecule has 0 atom stereocenters. The third-order valence-corrected chi connectivity index (χ3v) is 2.50. The molecule has 0 radical (unpaired) electrons. The zero-order chi connectivity index (χ0) is 12.4. The predicted molar refractivity (Wildman–Crippen MR) is 61.9 cm³/mol. The predicted octanol–water partition coefficient (Wildman–Crippen LogP) is 1.87. The first-order chi connectivity index (χ1) is 8.09. The molecule has 0 aliphatic rings. The lowest BCUT2D eigenvalue weighted by Gasteiger charge is -2.14. The van der Waals surface area contributed by atoms with Crippen LogP contribution in [0.4, 0.5) is 5.69 Å². The largest absolute Gasteiger partial charge is 0.481 e. The third kappa shape index (κ3) is 2.13.